The fourth-order valence-electron chi connectivity index (χ4n) is 2.48. The van der Waals surface area contributed by atoms with E-state index >= 15 is 0 Å². The van der Waals surface area contributed by atoms with Crippen molar-refractivity contribution in [2.45, 2.75) is 19.8 Å². The predicted molar refractivity (Wildman–Crippen MR) is 86.8 cm³/mol. The van der Waals surface area contributed by atoms with Gasteiger partial charge in [-0.25, -0.2) is 10.1 Å². The van der Waals surface area contributed by atoms with Crippen LogP contribution in [0.25, 0.3) is 0 Å². The van der Waals surface area contributed by atoms with E-state index in [9.17, 15) is 9.59 Å². The minimum atomic E-state index is -0.275. The Morgan fingerprint density at radius 3 is 2.22 bits per heavy atom. The monoisotopic (exact) mass is 319 g/mol. The second-order valence-corrected chi connectivity index (χ2v) is 5.18. The zero-order valence-corrected chi connectivity index (χ0v) is 13.8. The zero-order valence-electron chi connectivity index (χ0n) is 13.8. The molecule has 9 nitrogen and oxygen atoms in total. The molecule has 0 amide bonds. The summed E-state index contributed by atoms with van der Waals surface area (Å²) in [6.07, 6.45) is 4.94. The van der Waals surface area contributed by atoms with Crippen LogP contribution in [0.5, 0.6) is 0 Å². The number of aromatic nitrogens is 2. The molecule has 0 unspecified atom stereocenters. The quantitative estimate of drug-likeness (QED) is 0.598. The van der Waals surface area contributed by atoms with E-state index in [0.29, 0.717) is 12.4 Å². The average molecular weight is 319 g/mol. The van der Waals surface area contributed by atoms with Crippen LogP contribution in [-0.4, -0.2) is 29.4 Å². The van der Waals surface area contributed by atoms with Crippen molar-refractivity contribution in [1.29, 1.82) is 10.5 Å². The van der Waals surface area contributed by atoms with Crippen LogP contribution in [-0.2, 0) is 14.1 Å². The van der Waals surface area contributed by atoms with Crippen LogP contribution in [0, 0.1) is 22.9 Å². The Balaban J connectivity index is 0.000000463. The third-order valence-electron chi connectivity index (χ3n) is 3.56. The lowest BCUT2D eigenvalue weighted by molar-refractivity contribution is 0.688. The average Bonchev–Trinajstić information content (AvgIpc) is 2.86. The Labute approximate surface area is 134 Å². The summed E-state index contributed by atoms with van der Waals surface area (Å²) < 4.78 is 2.72. The maximum Gasteiger partial charge on any atom is 0.332 e. The highest BCUT2D eigenvalue weighted by atomic mass is 16.2. The standard InChI is InChI=1S/C12H20N4O2.C2HN3/c1-5-6-7-16-8-13(2)10-9(16)11(17)15(4)12(18)14(10)3;3-1-5-2-4/h5-8H2,1-4H3;5H. The van der Waals surface area contributed by atoms with Gasteiger partial charge in [0.15, 0.2) is 12.4 Å². The van der Waals surface area contributed by atoms with E-state index in [1.807, 2.05) is 11.9 Å². The molecule has 1 aliphatic rings. The van der Waals surface area contributed by atoms with Crippen molar-refractivity contribution >= 4 is 11.5 Å². The van der Waals surface area contributed by atoms with E-state index < -0.39 is 0 Å². The van der Waals surface area contributed by atoms with Gasteiger partial charge in [0.2, 0.25) is 0 Å². The number of unbranched alkanes of at least 4 members (excludes halogenated alkanes) is 1. The van der Waals surface area contributed by atoms with E-state index in [-0.39, 0.29) is 11.2 Å². The smallest absolute Gasteiger partial charge is 0.332 e. The number of nitrogens with one attached hydrogen (secondary N) is 1. The fraction of sp³-hybridized carbons (Fsp3) is 0.571. The molecule has 0 saturated heterocycles. The molecule has 1 N–H and O–H groups in total. The SMILES string of the molecule is CCCCN1CN(C)c2c1c(=O)n(C)c(=O)n2C.N#CNC#N. The molecule has 0 fully saturated rings. The van der Waals surface area contributed by atoms with Gasteiger partial charge < -0.3 is 9.80 Å². The molecule has 1 aliphatic heterocycles. The lowest BCUT2D eigenvalue weighted by Crippen LogP contribution is -2.39. The van der Waals surface area contributed by atoms with Gasteiger partial charge >= 0.3 is 5.69 Å². The highest BCUT2D eigenvalue weighted by Crippen LogP contribution is 2.29. The van der Waals surface area contributed by atoms with Gasteiger partial charge in [0.1, 0.15) is 11.5 Å². The molecule has 1 aromatic rings. The van der Waals surface area contributed by atoms with E-state index in [1.165, 1.54) is 24.0 Å². The van der Waals surface area contributed by atoms with Crippen molar-refractivity contribution in [3.8, 4) is 12.4 Å². The molecule has 0 spiro atoms. The maximum absolute atomic E-state index is 12.2. The summed E-state index contributed by atoms with van der Waals surface area (Å²) in [6, 6.07) is 0. The maximum atomic E-state index is 12.2. The first kappa shape index (κ1) is 18.1. The van der Waals surface area contributed by atoms with Gasteiger partial charge in [0.25, 0.3) is 5.56 Å². The molecular formula is C14H21N7O2. The van der Waals surface area contributed by atoms with Gasteiger partial charge in [0.05, 0.1) is 6.67 Å². The summed E-state index contributed by atoms with van der Waals surface area (Å²) in [7, 11) is 5.14. The molecule has 1 aromatic heterocycles. The van der Waals surface area contributed by atoms with E-state index in [1.54, 1.807) is 16.9 Å². The molecule has 2 heterocycles. The second kappa shape index (κ2) is 7.90. The normalized spacial score (nSPS) is 11.9. The first-order chi connectivity index (χ1) is 10.9. The minimum absolute atomic E-state index is 0.200. The number of anilines is 2. The van der Waals surface area contributed by atoms with Crippen molar-refractivity contribution in [3.05, 3.63) is 20.8 Å². The van der Waals surface area contributed by atoms with Gasteiger partial charge in [-0.3, -0.25) is 13.9 Å². The van der Waals surface area contributed by atoms with Crippen molar-refractivity contribution in [2.75, 3.05) is 30.1 Å². The van der Waals surface area contributed by atoms with E-state index in [0.717, 1.165) is 25.2 Å². The van der Waals surface area contributed by atoms with Crippen molar-refractivity contribution in [2.24, 2.45) is 14.1 Å². The van der Waals surface area contributed by atoms with Gasteiger partial charge in [-0.1, -0.05) is 13.3 Å². The number of fused-ring (bicyclic) bond motifs is 1. The largest absolute Gasteiger partial charge is 0.346 e. The first-order valence-corrected chi connectivity index (χ1v) is 7.19. The van der Waals surface area contributed by atoms with Gasteiger partial charge in [0, 0.05) is 27.7 Å². The molecule has 0 atom stereocenters. The van der Waals surface area contributed by atoms with Crippen LogP contribution in [0.2, 0.25) is 0 Å². The third-order valence-corrected chi connectivity index (χ3v) is 3.56. The fourth-order valence-corrected chi connectivity index (χ4v) is 2.48. The number of nitriles is 2. The number of rotatable bonds is 3. The molecule has 23 heavy (non-hydrogen) atoms. The van der Waals surface area contributed by atoms with Crippen molar-refractivity contribution in [1.82, 2.24) is 14.5 Å². The molecule has 0 bridgehead atoms. The van der Waals surface area contributed by atoms with Crippen LogP contribution in [0.4, 0.5) is 11.5 Å². The molecular weight excluding hydrogens is 298 g/mol. The van der Waals surface area contributed by atoms with Crippen LogP contribution < -0.4 is 26.4 Å². The van der Waals surface area contributed by atoms with E-state index in [2.05, 4.69) is 11.8 Å². The summed E-state index contributed by atoms with van der Waals surface area (Å²) in [4.78, 5) is 28.1. The molecule has 0 aromatic carbocycles. The Kier molecular flexibility index (Phi) is 6.22. The number of hydrogen-bond acceptors (Lipinski definition) is 7. The van der Waals surface area contributed by atoms with Crippen molar-refractivity contribution in [3.63, 3.8) is 0 Å². The Hall–Kier alpha value is -2.94. The topological polar surface area (TPSA) is 110 Å². The molecule has 0 saturated carbocycles. The summed E-state index contributed by atoms with van der Waals surface area (Å²) in [5.41, 5.74) is 0.173. The van der Waals surface area contributed by atoms with Crippen LogP contribution in [0.1, 0.15) is 19.8 Å². The van der Waals surface area contributed by atoms with Gasteiger partial charge in [-0.2, -0.15) is 10.5 Å². The zero-order chi connectivity index (χ0) is 17.6. The predicted octanol–water partition coefficient (Wildman–Crippen LogP) is -0.364. The second-order valence-electron chi connectivity index (χ2n) is 5.18. The highest BCUT2D eigenvalue weighted by molar-refractivity contribution is 5.71. The summed E-state index contributed by atoms with van der Waals surface area (Å²) >= 11 is 0. The lowest BCUT2D eigenvalue weighted by atomic mass is 10.3. The first-order valence-electron chi connectivity index (χ1n) is 7.19. The van der Waals surface area contributed by atoms with Crippen LogP contribution in [0.15, 0.2) is 9.59 Å². The van der Waals surface area contributed by atoms with Crippen molar-refractivity contribution < 1.29 is 0 Å². The molecule has 0 radical (unpaired) electrons. The number of hydrogen-bond donors (Lipinski definition) is 1. The molecule has 124 valence electrons. The number of nitrogens with zero attached hydrogens (tertiary/aromatic N) is 6. The Morgan fingerprint density at radius 1 is 1.13 bits per heavy atom. The van der Waals surface area contributed by atoms with Crippen LogP contribution >= 0.6 is 0 Å². The Morgan fingerprint density at radius 2 is 1.74 bits per heavy atom. The van der Waals surface area contributed by atoms with Crippen LogP contribution in [0.3, 0.4) is 0 Å². The van der Waals surface area contributed by atoms with E-state index in [4.69, 9.17) is 10.5 Å². The summed E-state index contributed by atoms with van der Waals surface area (Å²) in [6.45, 7) is 3.64. The Bertz CT molecular complexity index is 739. The van der Waals surface area contributed by atoms with Gasteiger partial charge in [-0.05, 0) is 6.42 Å². The summed E-state index contributed by atoms with van der Waals surface area (Å²) in [5, 5.41) is 16.7. The molecule has 2 rings (SSSR count). The minimum Gasteiger partial charge on any atom is -0.346 e. The lowest BCUT2D eigenvalue weighted by Gasteiger charge is -2.17. The third kappa shape index (κ3) is 3.64. The highest BCUT2D eigenvalue weighted by Gasteiger charge is 2.30. The van der Waals surface area contributed by atoms with Gasteiger partial charge in [-0.15, -0.1) is 0 Å². The molecule has 9 heteroatoms. The molecule has 0 aliphatic carbocycles. The summed E-state index contributed by atoms with van der Waals surface area (Å²) in [5.74, 6) is 0.721.